The van der Waals surface area contributed by atoms with Gasteiger partial charge < -0.3 is 15.5 Å². The van der Waals surface area contributed by atoms with Crippen LogP contribution in [0.3, 0.4) is 0 Å². The van der Waals surface area contributed by atoms with E-state index in [1.165, 1.54) is 19.3 Å². The molecule has 1 aliphatic carbocycles. The van der Waals surface area contributed by atoms with Crippen LogP contribution in [0.15, 0.2) is 18.2 Å². The third kappa shape index (κ3) is 2.92. The van der Waals surface area contributed by atoms with Gasteiger partial charge in [0.2, 0.25) is 0 Å². The van der Waals surface area contributed by atoms with E-state index in [2.05, 4.69) is 30.9 Å². The molecule has 110 valence electrons. The van der Waals surface area contributed by atoms with Gasteiger partial charge >= 0.3 is 0 Å². The number of hydrogen-bond acceptors (Lipinski definition) is 3. The summed E-state index contributed by atoms with van der Waals surface area (Å²) in [6.45, 7) is 0.969. The molecule has 0 radical (unpaired) electrons. The minimum atomic E-state index is 0.266. The molecule has 1 aromatic rings. The Kier molecular flexibility index (Phi) is 4.57. The first-order chi connectivity index (χ1) is 9.35. The molecule has 1 fully saturated rings. The predicted octanol–water partition coefficient (Wildman–Crippen LogP) is 2.89. The van der Waals surface area contributed by atoms with Crippen molar-refractivity contribution >= 4 is 34.5 Å². The molecule has 0 saturated heterocycles. The van der Waals surface area contributed by atoms with Gasteiger partial charge in [-0.2, -0.15) is 0 Å². The van der Waals surface area contributed by atoms with E-state index in [1.54, 1.807) is 0 Å². The van der Waals surface area contributed by atoms with Gasteiger partial charge in [0.1, 0.15) is 4.99 Å². The minimum Gasteiger partial charge on any atom is -0.389 e. The van der Waals surface area contributed by atoms with Crippen molar-refractivity contribution < 1.29 is 0 Å². The quantitative estimate of drug-likeness (QED) is 0.848. The molecule has 1 aromatic carbocycles. The predicted molar refractivity (Wildman–Crippen MR) is 90.9 cm³/mol. The molecule has 0 amide bonds. The first-order valence-corrected chi connectivity index (χ1v) is 7.62. The molecular formula is C15H22ClN3S. The highest BCUT2D eigenvalue weighted by molar-refractivity contribution is 7.80. The summed E-state index contributed by atoms with van der Waals surface area (Å²) in [4.78, 5) is 4.97. The Morgan fingerprint density at radius 3 is 2.45 bits per heavy atom. The molecule has 0 heterocycles. The fourth-order valence-electron chi connectivity index (χ4n) is 2.90. The van der Waals surface area contributed by atoms with Crippen LogP contribution < -0.4 is 10.6 Å². The van der Waals surface area contributed by atoms with Gasteiger partial charge in [-0.05, 0) is 51.6 Å². The summed E-state index contributed by atoms with van der Waals surface area (Å²) in [5.74, 6) is 0. The first-order valence-electron chi connectivity index (χ1n) is 6.84. The normalized spacial score (nSPS) is 16.9. The van der Waals surface area contributed by atoms with Crippen LogP contribution in [0.2, 0.25) is 5.02 Å². The maximum absolute atomic E-state index is 6.05. The number of nitrogens with two attached hydrogens (primary N) is 1. The molecule has 0 unspecified atom stereocenters. The largest absolute Gasteiger partial charge is 0.389 e. The fraction of sp³-hybridized carbons (Fsp3) is 0.533. The summed E-state index contributed by atoms with van der Waals surface area (Å²) in [5.41, 5.74) is 7.99. The highest BCUT2D eigenvalue weighted by atomic mass is 35.5. The number of nitrogens with zero attached hydrogens (tertiary/aromatic N) is 2. The zero-order chi connectivity index (χ0) is 14.9. The van der Waals surface area contributed by atoms with Gasteiger partial charge in [-0.25, -0.2) is 0 Å². The number of halogens is 1. The van der Waals surface area contributed by atoms with Gasteiger partial charge in [0.15, 0.2) is 0 Å². The second-order valence-corrected chi connectivity index (χ2v) is 6.73. The standard InChI is InChI=1S/C15H22ClN3S/c1-18(2)15(7-4-8-15)10-19(3)13-6-5-11(16)9-12(13)14(17)20/h5-6,9H,4,7-8,10H2,1-3H3,(H2,17,20). The molecule has 0 atom stereocenters. The number of anilines is 1. The van der Waals surface area contributed by atoms with Crippen LogP contribution in [0.1, 0.15) is 24.8 Å². The molecule has 1 saturated carbocycles. The van der Waals surface area contributed by atoms with E-state index in [4.69, 9.17) is 29.6 Å². The van der Waals surface area contributed by atoms with Crippen molar-refractivity contribution in [2.45, 2.75) is 24.8 Å². The van der Waals surface area contributed by atoms with Crippen molar-refractivity contribution in [2.24, 2.45) is 5.73 Å². The fourth-order valence-corrected chi connectivity index (χ4v) is 3.23. The molecule has 5 heteroatoms. The van der Waals surface area contributed by atoms with Crippen LogP contribution in [0.25, 0.3) is 0 Å². The lowest BCUT2D eigenvalue weighted by Gasteiger charge is -2.49. The lowest BCUT2D eigenvalue weighted by Crippen LogP contribution is -2.56. The second-order valence-electron chi connectivity index (χ2n) is 5.85. The van der Waals surface area contributed by atoms with E-state index < -0.39 is 0 Å². The molecule has 0 aliphatic heterocycles. The van der Waals surface area contributed by atoms with Crippen molar-refractivity contribution in [1.29, 1.82) is 0 Å². The van der Waals surface area contributed by atoms with Crippen molar-refractivity contribution in [3.05, 3.63) is 28.8 Å². The molecule has 1 aliphatic rings. The lowest BCUT2D eigenvalue weighted by atomic mass is 9.75. The van der Waals surface area contributed by atoms with E-state index in [1.807, 2.05) is 18.2 Å². The Labute approximate surface area is 131 Å². The molecule has 0 bridgehead atoms. The smallest absolute Gasteiger partial charge is 0.106 e. The Morgan fingerprint density at radius 2 is 2.00 bits per heavy atom. The van der Waals surface area contributed by atoms with Crippen LogP contribution >= 0.6 is 23.8 Å². The van der Waals surface area contributed by atoms with E-state index in [9.17, 15) is 0 Å². The molecular weight excluding hydrogens is 290 g/mol. The maximum atomic E-state index is 6.05. The lowest BCUT2D eigenvalue weighted by molar-refractivity contribution is 0.0683. The molecule has 0 aromatic heterocycles. The van der Waals surface area contributed by atoms with Crippen LogP contribution in [-0.4, -0.2) is 43.1 Å². The third-order valence-corrected chi connectivity index (χ3v) is 4.85. The van der Waals surface area contributed by atoms with Crippen LogP contribution in [0.5, 0.6) is 0 Å². The zero-order valence-electron chi connectivity index (χ0n) is 12.3. The van der Waals surface area contributed by atoms with Crippen molar-refractivity contribution in [2.75, 3.05) is 32.6 Å². The van der Waals surface area contributed by atoms with Crippen molar-refractivity contribution in [1.82, 2.24) is 4.90 Å². The Bertz CT molecular complexity index is 512. The molecule has 0 spiro atoms. The number of hydrogen-bond donors (Lipinski definition) is 1. The summed E-state index contributed by atoms with van der Waals surface area (Å²) in [7, 11) is 6.40. The first kappa shape index (κ1) is 15.5. The molecule has 2 rings (SSSR count). The van der Waals surface area contributed by atoms with Gasteiger partial charge in [0.25, 0.3) is 0 Å². The Hall–Kier alpha value is -0.840. The van der Waals surface area contributed by atoms with Gasteiger partial charge in [-0.15, -0.1) is 0 Å². The monoisotopic (exact) mass is 311 g/mol. The van der Waals surface area contributed by atoms with Crippen LogP contribution in [0.4, 0.5) is 5.69 Å². The highest BCUT2D eigenvalue weighted by Crippen LogP contribution is 2.38. The summed E-state index contributed by atoms with van der Waals surface area (Å²) in [6.07, 6.45) is 3.77. The SMILES string of the molecule is CN(CC1(N(C)C)CCC1)c1ccc(Cl)cc1C(N)=S. The summed E-state index contributed by atoms with van der Waals surface area (Å²) in [6, 6.07) is 5.73. The van der Waals surface area contributed by atoms with E-state index in [-0.39, 0.29) is 5.54 Å². The average Bonchev–Trinajstić information content (AvgIpc) is 2.32. The maximum Gasteiger partial charge on any atom is 0.106 e. The van der Waals surface area contributed by atoms with Gasteiger partial charge in [-0.3, -0.25) is 0 Å². The van der Waals surface area contributed by atoms with E-state index in [0.29, 0.717) is 10.0 Å². The van der Waals surface area contributed by atoms with Crippen molar-refractivity contribution in [3.63, 3.8) is 0 Å². The zero-order valence-corrected chi connectivity index (χ0v) is 13.9. The van der Waals surface area contributed by atoms with Crippen molar-refractivity contribution in [3.8, 4) is 0 Å². The summed E-state index contributed by atoms with van der Waals surface area (Å²) < 4.78 is 0. The van der Waals surface area contributed by atoms with E-state index in [0.717, 1.165) is 17.8 Å². The van der Waals surface area contributed by atoms with Crippen LogP contribution in [0, 0.1) is 0 Å². The second kappa shape index (κ2) is 5.88. The average molecular weight is 312 g/mol. The molecule has 3 nitrogen and oxygen atoms in total. The molecule has 2 N–H and O–H groups in total. The number of likely N-dealkylation sites (N-methyl/N-ethyl adjacent to an activating group) is 2. The number of benzene rings is 1. The summed E-state index contributed by atoms with van der Waals surface area (Å²) >= 11 is 11.2. The number of rotatable bonds is 5. The third-order valence-electron chi connectivity index (χ3n) is 4.40. The van der Waals surface area contributed by atoms with E-state index >= 15 is 0 Å². The Balaban J connectivity index is 2.25. The Morgan fingerprint density at radius 1 is 1.35 bits per heavy atom. The van der Waals surface area contributed by atoms with Gasteiger partial charge in [0, 0.05) is 35.4 Å². The van der Waals surface area contributed by atoms with Gasteiger partial charge in [0.05, 0.1) is 0 Å². The van der Waals surface area contributed by atoms with Gasteiger partial charge in [-0.1, -0.05) is 23.8 Å². The molecule has 20 heavy (non-hydrogen) atoms. The minimum absolute atomic E-state index is 0.266. The van der Waals surface area contributed by atoms with Crippen LogP contribution in [-0.2, 0) is 0 Å². The topological polar surface area (TPSA) is 32.5 Å². The highest BCUT2D eigenvalue weighted by Gasteiger charge is 2.40. The summed E-state index contributed by atoms with van der Waals surface area (Å²) in [5, 5.41) is 0.663. The number of thiocarbonyl (C=S) groups is 1.